The van der Waals surface area contributed by atoms with Gasteiger partial charge in [-0.1, -0.05) is 36.4 Å². The summed E-state index contributed by atoms with van der Waals surface area (Å²) in [6.45, 7) is 1.68. The zero-order chi connectivity index (χ0) is 30.0. The van der Waals surface area contributed by atoms with Crippen molar-refractivity contribution in [2.24, 2.45) is 0 Å². The van der Waals surface area contributed by atoms with E-state index in [-0.39, 0.29) is 40.2 Å². The average Bonchev–Trinajstić information content (AvgIpc) is 3.37. The topological polar surface area (TPSA) is 137 Å². The summed E-state index contributed by atoms with van der Waals surface area (Å²) in [5.74, 6) is -2.37. The SMILES string of the molecule is CCOC(=O)c1c(-c2ccccc2)oc2ccc(N(C(=O)c3cccc([N+](=O)[O-])c3)S(=O)(=O)c3ccc(F)cc3)cc12. The van der Waals surface area contributed by atoms with E-state index in [1.807, 2.05) is 0 Å². The van der Waals surface area contributed by atoms with Crippen LogP contribution >= 0.6 is 0 Å². The van der Waals surface area contributed by atoms with Gasteiger partial charge in [-0.3, -0.25) is 14.9 Å². The summed E-state index contributed by atoms with van der Waals surface area (Å²) in [6, 6.07) is 21.1. The molecular weight excluding hydrogens is 567 g/mol. The summed E-state index contributed by atoms with van der Waals surface area (Å²) >= 11 is 0. The minimum absolute atomic E-state index is 0.0156. The summed E-state index contributed by atoms with van der Waals surface area (Å²) < 4.78 is 53.1. The van der Waals surface area contributed by atoms with Crippen molar-refractivity contribution in [1.82, 2.24) is 0 Å². The third kappa shape index (κ3) is 5.22. The highest BCUT2D eigenvalue weighted by Crippen LogP contribution is 2.38. The van der Waals surface area contributed by atoms with Gasteiger partial charge in [0.1, 0.15) is 22.7 Å². The number of ether oxygens (including phenoxy) is 1. The van der Waals surface area contributed by atoms with Crippen LogP contribution in [0.5, 0.6) is 0 Å². The van der Waals surface area contributed by atoms with Crippen LogP contribution in [0.4, 0.5) is 15.8 Å². The summed E-state index contributed by atoms with van der Waals surface area (Å²) in [7, 11) is -4.71. The molecule has 0 unspecified atom stereocenters. The number of benzene rings is 4. The van der Waals surface area contributed by atoms with Gasteiger partial charge >= 0.3 is 5.97 Å². The number of rotatable bonds is 8. The number of hydrogen-bond acceptors (Lipinski definition) is 8. The van der Waals surface area contributed by atoms with Gasteiger partial charge in [0.2, 0.25) is 0 Å². The Hall–Kier alpha value is -5.36. The zero-order valence-corrected chi connectivity index (χ0v) is 22.7. The number of non-ortho nitro benzene ring substituents is 1. The molecule has 0 aliphatic rings. The van der Waals surface area contributed by atoms with Crippen LogP contribution in [-0.2, 0) is 14.8 Å². The number of nitro groups is 1. The number of halogens is 1. The molecule has 4 aromatic carbocycles. The molecule has 212 valence electrons. The molecule has 0 saturated carbocycles. The molecule has 0 N–H and O–H groups in total. The summed E-state index contributed by atoms with van der Waals surface area (Å²) in [5, 5.41) is 11.5. The molecule has 5 aromatic rings. The predicted octanol–water partition coefficient (Wildman–Crippen LogP) is 6.36. The smallest absolute Gasteiger partial charge is 0.342 e. The molecule has 10 nitrogen and oxygen atoms in total. The molecule has 1 amide bonds. The lowest BCUT2D eigenvalue weighted by atomic mass is 10.1. The number of anilines is 1. The van der Waals surface area contributed by atoms with E-state index in [9.17, 15) is 32.5 Å². The Balaban J connectivity index is 1.75. The van der Waals surface area contributed by atoms with Crippen LogP contribution in [0.2, 0.25) is 0 Å². The molecular formula is C30H21FN2O8S. The first-order valence-corrected chi connectivity index (χ1v) is 13.9. The van der Waals surface area contributed by atoms with Crippen LogP contribution in [-0.4, -0.2) is 31.8 Å². The largest absolute Gasteiger partial charge is 0.462 e. The summed E-state index contributed by atoms with van der Waals surface area (Å²) in [4.78, 5) is 37.2. The molecule has 0 fully saturated rings. The van der Waals surface area contributed by atoms with Gasteiger partial charge in [0.25, 0.3) is 21.6 Å². The normalized spacial score (nSPS) is 11.3. The lowest BCUT2D eigenvalue weighted by molar-refractivity contribution is -0.384. The van der Waals surface area contributed by atoms with Crippen molar-refractivity contribution in [3.63, 3.8) is 0 Å². The second-order valence-corrected chi connectivity index (χ2v) is 10.7. The second kappa shape index (κ2) is 11.3. The van der Waals surface area contributed by atoms with E-state index >= 15 is 0 Å². The number of nitro benzene ring substituents is 1. The third-order valence-corrected chi connectivity index (χ3v) is 7.99. The average molecular weight is 589 g/mol. The highest BCUT2D eigenvalue weighted by atomic mass is 32.2. The Morgan fingerprint density at radius 1 is 0.952 bits per heavy atom. The van der Waals surface area contributed by atoms with E-state index in [4.69, 9.17) is 9.15 Å². The fourth-order valence-electron chi connectivity index (χ4n) is 4.36. The van der Waals surface area contributed by atoms with Crippen molar-refractivity contribution >= 4 is 44.2 Å². The number of nitrogens with zero attached hydrogens (tertiary/aromatic N) is 2. The standard InChI is InChI=1S/C30H21FN2O8S/c1-2-40-30(35)27-25-18-22(13-16-26(25)41-28(27)19-7-4-3-5-8-19)32(42(38,39)24-14-11-21(31)12-15-24)29(34)20-9-6-10-23(17-20)33(36)37/h3-18H,2H2,1H3. The van der Waals surface area contributed by atoms with Crippen molar-refractivity contribution in [2.45, 2.75) is 11.8 Å². The number of esters is 1. The van der Waals surface area contributed by atoms with E-state index in [0.717, 1.165) is 36.4 Å². The number of sulfonamides is 1. The van der Waals surface area contributed by atoms with E-state index in [1.54, 1.807) is 37.3 Å². The number of furan rings is 1. The van der Waals surface area contributed by atoms with Gasteiger partial charge in [0.05, 0.1) is 22.1 Å². The Kier molecular flexibility index (Phi) is 7.55. The first-order chi connectivity index (χ1) is 20.1. The Morgan fingerprint density at radius 3 is 2.33 bits per heavy atom. The van der Waals surface area contributed by atoms with Crippen LogP contribution < -0.4 is 4.31 Å². The van der Waals surface area contributed by atoms with Crippen LogP contribution in [0.3, 0.4) is 0 Å². The second-order valence-electron chi connectivity index (χ2n) is 8.91. The van der Waals surface area contributed by atoms with Gasteiger partial charge in [-0.05, 0) is 55.5 Å². The molecule has 1 aromatic heterocycles. The number of fused-ring (bicyclic) bond motifs is 1. The van der Waals surface area contributed by atoms with Crippen molar-refractivity contribution in [3.8, 4) is 11.3 Å². The zero-order valence-electron chi connectivity index (χ0n) is 21.9. The van der Waals surface area contributed by atoms with E-state index in [0.29, 0.717) is 9.87 Å². The van der Waals surface area contributed by atoms with E-state index in [2.05, 4.69) is 0 Å². The first-order valence-electron chi connectivity index (χ1n) is 12.5. The molecule has 0 aliphatic heterocycles. The molecule has 1 heterocycles. The van der Waals surface area contributed by atoms with Gasteiger partial charge in [0.15, 0.2) is 0 Å². The molecule has 0 radical (unpaired) electrons. The van der Waals surface area contributed by atoms with Gasteiger partial charge in [-0.2, -0.15) is 4.31 Å². The molecule has 5 rings (SSSR count). The maximum absolute atomic E-state index is 13.9. The summed E-state index contributed by atoms with van der Waals surface area (Å²) in [6.07, 6.45) is 0. The quantitative estimate of drug-likeness (QED) is 0.116. The molecule has 0 aliphatic carbocycles. The van der Waals surface area contributed by atoms with Gasteiger partial charge in [0, 0.05) is 28.6 Å². The van der Waals surface area contributed by atoms with E-state index < -0.39 is 43.2 Å². The summed E-state index contributed by atoms with van der Waals surface area (Å²) in [5.41, 5.74) is -0.138. The predicted molar refractivity (Wildman–Crippen MR) is 151 cm³/mol. The van der Waals surface area contributed by atoms with Crippen LogP contribution in [0, 0.1) is 15.9 Å². The number of hydrogen-bond donors (Lipinski definition) is 0. The Bertz CT molecular complexity index is 1940. The number of carbonyl (C=O) groups excluding carboxylic acids is 2. The number of amides is 1. The minimum Gasteiger partial charge on any atom is -0.462 e. The van der Waals surface area contributed by atoms with Crippen LogP contribution in [0.1, 0.15) is 27.6 Å². The fourth-order valence-corrected chi connectivity index (χ4v) is 5.76. The maximum atomic E-state index is 13.9. The molecule has 0 spiro atoms. The van der Waals surface area contributed by atoms with E-state index in [1.165, 1.54) is 30.3 Å². The van der Waals surface area contributed by atoms with Crippen molar-refractivity contribution in [2.75, 3.05) is 10.9 Å². The van der Waals surface area contributed by atoms with Gasteiger partial charge < -0.3 is 9.15 Å². The van der Waals surface area contributed by atoms with Crippen LogP contribution in [0.25, 0.3) is 22.3 Å². The third-order valence-electron chi connectivity index (χ3n) is 6.26. The van der Waals surface area contributed by atoms with Crippen LogP contribution in [0.15, 0.2) is 106 Å². The number of carbonyl (C=O) groups is 2. The van der Waals surface area contributed by atoms with Crippen molar-refractivity contribution < 1.29 is 36.5 Å². The lowest BCUT2D eigenvalue weighted by Gasteiger charge is -2.23. The van der Waals surface area contributed by atoms with Crippen molar-refractivity contribution in [3.05, 3.63) is 124 Å². The molecule has 0 atom stereocenters. The molecule has 0 saturated heterocycles. The van der Waals surface area contributed by atoms with Crippen molar-refractivity contribution in [1.29, 1.82) is 0 Å². The first kappa shape index (κ1) is 28.2. The Labute approximate surface area is 238 Å². The molecule has 42 heavy (non-hydrogen) atoms. The minimum atomic E-state index is -4.71. The lowest BCUT2D eigenvalue weighted by Crippen LogP contribution is -2.37. The molecule has 12 heteroatoms. The highest BCUT2D eigenvalue weighted by molar-refractivity contribution is 7.93. The van der Waals surface area contributed by atoms with Gasteiger partial charge in [-0.15, -0.1) is 0 Å². The fraction of sp³-hybridized carbons (Fsp3) is 0.0667. The van der Waals surface area contributed by atoms with Gasteiger partial charge in [-0.25, -0.2) is 17.6 Å². The highest BCUT2D eigenvalue weighted by Gasteiger charge is 2.34. The Morgan fingerprint density at radius 2 is 1.67 bits per heavy atom. The maximum Gasteiger partial charge on any atom is 0.342 e. The molecule has 0 bridgehead atoms. The monoisotopic (exact) mass is 588 g/mol.